The fraction of sp³-hybridized carbons (Fsp3) is 0.148. The molecule has 0 spiro atoms. The normalized spacial score (nSPS) is 10.8. The molecule has 1 aromatic heterocycles. The minimum absolute atomic E-state index is 0.00820. The van der Waals surface area contributed by atoms with E-state index in [4.69, 9.17) is 30.5 Å². The van der Waals surface area contributed by atoms with Gasteiger partial charge in [-0.2, -0.15) is 5.10 Å². The van der Waals surface area contributed by atoms with Gasteiger partial charge in [0.1, 0.15) is 11.6 Å². The Bertz CT molecular complexity index is 1520. The third-order valence-corrected chi connectivity index (χ3v) is 5.87. The third-order valence-electron chi connectivity index (χ3n) is 5.58. The van der Waals surface area contributed by atoms with Crippen molar-refractivity contribution >= 4 is 51.8 Å². The molecule has 0 radical (unpaired) electrons. The SMILES string of the molecule is COc1cc2nccc(Nc3ccc(F)c(Cl)c3)c2cc1NC(=O)N/N=C/c1cc(OC)c(OC)c(OC)c1. The predicted octanol–water partition coefficient (Wildman–Crippen LogP) is 5.96. The molecular formula is C27H25ClFN5O5. The standard InChI is InChI=1S/C27H25ClFN5O5/c1-36-23-13-21-17(20(7-8-30-21)32-16-5-6-19(29)18(28)11-16)12-22(23)33-27(35)34-31-14-15-9-24(37-2)26(39-4)25(10-15)38-3/h5-14H,1-4H3,(H,30,32)(H2,33,34,35)/b31-14+. The molecule has 0 aliphatic rings. The van der Waals surface area contributed by atoms with Crippen LogP contribution in [0.15, 0.2) is 59.8 Å². The molecule has 2 amide bonds. The van der Waals surface area contributed by atoms with Gasteiger partial charge in [0.25, 0.3) is 0 Å². The van der Waals surface area contributed by atoms with Crippen LogP contribution >= 0.6 is 11.6 Å². The number of carbonyl (C=O) groups excluding carboxylic acids is 1. The third kappa shape index (κ3) is 6.21. The fourth-order valence-electron chi connectivity index (χ4n) is 3.77. The van der Waals surface area contributed by atoms with Gasteiger partial charge in [-0.15, -0.1) is 0 Å². The van der Waals surface area contributed by atoms with E-state index in [0.29, 0.717) is 56.5 Å². The van der Waals surface area contributed by atoms with Gasteiger partial charge in [-0.3, -0.25) is 4.98 Å². The van der Waals surface area contributed by atoms with Crippen molar-refractivity contribution in [1.29, 1.82) is 0 Å². The fourth-order valence-corrected chi connectivity index (χ4v) is 3.95. The number of halogens is 2. The number of ether oxygens (including phenoxy) is 4. The molecule has 0 unspecified atom stereocenters. The summed E-state index contributed by atoms with van der Waals surface area (Å²) in [4.78, 5) is 17.0. The number of amides is 2. The van der Waals surface area contributed by atoms with Crippen LogP contribution in [0.4, 0.5) is 26.2 Å². The first kappa shape index (κ1) is 27.3. The number of nitrogens with zero attached hydrogens (tertiary/aromatic N) is 2. The second-order valence-corrected chi connectivity index (χ2v) is 8.37. The molecule has 4 aromatic rings. The lowest BCUT2D eigenvalue weighted by Gasteiger charge is -2.14. The van der Waals surface area contributed by atoms with Crippen LogP contribution in [0.5, 0.6) is 23.0 Å². The van der Waals surface area contributed by atoms with E-state index in [0.717, 1.165) is 0 Å². The van der Waals surface area contributed by atoms with E-state index in [9.17, 15) is 9.18 Å². The van der Waals surface area contributed by atoms with Crippen molar-refractivity contribution in [3.8, 4) is 23.0 Å². The molecule has 0 atom stereocenters. The molecule has 202 valence electrons. The maximum Gasteiger partial charge on any atom is 0.339 e. The Balaban J connectivity index is 1.55. The molecule has 4 rings (SSSR count). The minimum atomic E-state index is -0.611. The Morgan fingerprint density at radius 3 is 2.28 bits per heavy atom. The van der Waals surface area contributed by atoms with Gasteiger partial charge < -0.3 is 29.6 Å². The summed E-state index contributed by atoms with van der Waals surface area (Å²) in [5.41, 5.74) is 5.25. The molecule has 0 saturated carbocycles. The number of aromatic nitrogens is 1. The summed E-state index contributed by atoms with van der Waals surface area (Å²) >= 11 is 5.92. The number of hydrogen-bond acceptors (Lipinski definition) is 8. The van der Waals surface area contributed by atoms with Gasteiger partial charge in [0.15, 0.2) is 11.5 Å². The van der Waals surface area contributed by atoms with Crippen LogP contribution in [0.25, 0.3) is 10.9 Å². The molecule has 3 aromatic carbocycles. The number of hydrogen-bond donors (Lipinski definition) is 3. The smallest absolute Gasteiger partial charge is 0.339 e. The van der Waals surface area contributed by atoms with Crippen LogP contribution in [-0.2, 0) is 0 Å². The molecule has 1 heterocycles. The zero-order chi connectivity index (χ0) is 27.9. The van der Waals surface area contributed by atoms with Crippen LogP contribution in [0.3, 0.4) is 0 Å². The van der Waals surface area contributed by atoms with Crippen LogP contribution in [-0.4, -0.2) is 45.7 Å². The minimum Gasteiger partial charge on any atom is -0.494 e. The summed E-state index contributed by atoms with van der Waals surface area (Å²) in [5.74, 6) is 1.21. The van der Waals surface area contributed by atoms with Crippen molar-refractivity contribution < 1.29 is 28.1 Å². The van der Waals surface area contributed by atoms with Crippen LogP contribution in [0.2, 0.25) is 5.02 Å². The predicted molar refractivity (Wildman–Crippen MR) is 149 cm³/mol. The van der Waals surface area contributed by atoms with Gasteiger partial charge in [0.05, 0.1) is 50.9 Å². The summed E-state index contributed by atoms with van der Waals surface area (Å²) in [6.07, 6.45) is 3.05. The van der Waals surface area contributed by atoms with Crippen LogP contribution < -0.4 is 35.0 Å². The quantitative estimate of drug-likeness (QED) is 0.173. The molecule has 12 heteroatoms. The topological polar surface area (TPSA) is 115 Å². The number of hydrazone groups is 1. The first-order valence-electron chi connectivity index (χ1n) is 11.5. The Hall–Kier alpha value is -4.77. The maximum absolute atomic E-state index is 13.6. The molecule has 0 bridgehead atoms. The first-order chi connectivity index (χ1) is 18.9. The summed E-state index contributed by atoms with van der Waals surface area (Å²) in [6, 6.07) is 12.2. The highest BCUT2D eigenvalue weighted by molar-refractivity contribution is 6.31. The van der Waals surface area contributed by atoms with Gasteiger partial charge >= 0.3 is 6.03 Å². The highest BCUT2D eigenvalue weighted by Crippen LogP contribution is 2.38. The first-order valence-corrected chi connectivity index (χ1v) is 11.8. The van der Waals surface area contributed by atoms with E-state index in [1.165, 1.54) is 46.8 Å². The van der Waals surface area contributed by atoms with Crippen LogP contribution in [0.1, 0.15) is 5.56 Å². The highest BCUT2D eigenvalue weighted by Gasteiger charge is 2.14. The summed E-state index contributed by atoms with van der Waals surface area (Å²) in [6.45, 7) is 0. The summed E-state index contributed by atoms with van der Waals surface area (Å²) < 4.78 is 35.0. The lowest BCUT2D eigenvalue weighted by molar-refractivity contribution is 0.252. The van der Waals surface area contributed by atoms with E-state index in [1.807, 2.05) is 0 Å². The number of anilines is 3. The van der Waals surface area contributed by atoms with Crippen molar-refractivity contribution in [3.63, 3.8) is 0 Å². The van der Waals surface area contributed by atoms with E-state index in [-0.39, 0.29) is 5.02 Å². The number of methoxy groups -OCH3 is 4. The van der Waals surface area contributed by atoms with E-state index < -0.39 is 11.8 Å². The van der Waals surface area contributed by atoms with Crippen molar-refractivity contribution in [2.24, 2.45) is 5.10 Å². The van der Waals surface area contributed by atoms with Gasteiger partial charge in [0.2, 0.25) is 5.75 Å². The van der Waals surface area contributed by atoms with E-state index in [1.54, 1.807) is 42.6 Å². The molecule has 0 aliphatic carbocycles. The van der Waals surface area contributed by atoms with Crippen molar-refractivity contribution in [1.82, 2.24) is 10.4 Å². The summed E-state index contributed by atoms with van der Waals surface area (Å²) in [7, 11) is 6.00. The number of pyridine rings is 1. The average molecular weight is 554 g/mol. The number of urea groups is 1. The molecule has 3 N–H and O–H groups in total. The Morgan fingerprint density at radius 2 is 1.64 bits per heavy atom. The summed E-state index contributed by atoms with van der Waals surface area (Å²) in [5, 5.41) is 10.6. The lowest BCUT2D eigenvalue weighted by Crippen LogP contribution is -2.24. The monoisotopic (exact) mass is 553 g/mol. The Labute approximate surface area is 228 Å². The Kier molecular flexibility index (Phi) is 8.52. The average Bonchev–Trinajstić information content (AvgIpc) is 2.94. The largest absolute Gasteiger partial charge is 0.494 e. The molecular weight excluding hydrogens is 529 g/mol. The van der Waals surface area contributed by atoms with Gasteiger partial charge in [-0.05, 0) is 42.5 Å². The van der Waals surface area contributed by atoms with E-state index >= 15 is 0 Å². The second kappa shape index (κ2) is 12.2. The van der Waals surface area contributed by atoms with Crippen molar-refractivity contribution in [2.75, 3.05) is 39.1 Å². The molecule has 0 fully saturated rings. The highest BCUT2D eigenvalue weighted by atomic mass is 35.5. The number of rotatable bonds is 9. The van der Waals surface area contributed by atoms with Crippen molar-refractivity contribution in [3.05, 3.63) is 71.1 Å². The number of fused-ring (bicyclic) bond motifs is 1. The maximum atomic E-state index is 13.6. The van der Waals surface area contributed by atoms with Gasteiger partial charge in [-0.25, -0.2) is 14.6 Å². The van der Waals surface area contributed by atoms with Gasteiger partial charge in [-0.1, -0.05) is 11.6 Å². The van der Waals surface area contributed by atoms with E-state index in [2.05, 4.69) is 26.1 Å². The van der Waals surface area contributed by atoms with Crippen molar-refractivity contribution in [2.45, 2.75) is 0 Å². The lowest BCUT2D eigenvalue weighted by atomic mass is 10.1. The number of benzene rings is 3. The Morgan fingerprint density at radius 1 is 0.923 bits per heavy atom. The zero-order valence-corrected chi connectivity index (χ0v) is 22.2. The molecule has 0 aliphatic heterocycles. The zero-order valence-electron chi connectivity index (χ0n) is 21.5. The van der Waals surface area contributed by atoms with Crippen LogP contribution in [0, 0.1) is 5.82 Å². The van der Waals surface area contributed by atoms with Gasteiger partial charge in [0, 0.05) is 34.6 Å². The molecule has 10 nitrogen and oxygen atoms in total. The second-order valence-electron chi connectivity index (χ2n) is 7.96. The number of carbonyl (C=O) groups is 1. The number of nitrogens with one attached hydrogen (secondary N) is 3. The molecule has 0 saturated heterocycles. The molecule has 39 heavy (non-hydrogen) atoms.